The Labute approximate surface area is 141 Å². The van der Waals surface area contributed by atoms with Crippen molar-refractivity contribution in [2.75, 3.05) is 0 Å². The van der Waals surface area contributed by atoms with Crippen LogP contribution in [0, 0.1) is 6.92 Å². The van der Waals surface area contributed by atoms with Gasteiger partial charge in [-0.15, -0.1) is 0 Å². The Kier molecular flexibility index (Phi) is 4.24. The van der Waals surface area contributed by atoms with E-state index in [2.05, 4.69) is 4.98 Å². The molecule has 0 unspecified atom stereocenters. The smallest absolute Gasteiger partial charge is 0.416 e. The molecule has 3 rings (SSSR count). The van der Waals surface area contributed by atoms with E-state index in [1.165, 1.54) is 12.1 Å². The van der Waals surface area contributed by atoms with E-state index in [1.54, 1.807) is 25.3 Å². The average molecular weight is 348 g/mol. The molecule has 1 aromatic carbocycles. The number of benzene rings is 1. The molecule has 25 heavy (non-hydrogen) atoms. The Morgan fingerprint density at radius 3 is 2.48 bits per heavy atom. The lowest BCUT2D eigenvalue weighted by Gasteiger charge is -2.10. The van der Waals surface area contributed by atoms with Crippen LogP contribution in [0.25, 0.3) is 11.0 Å². The first kappa shape index (κ1) is 17.0. The molecule has 0 spiro atoms. The molecule has 0 aliphatic heterocycles. The fourth-order valence-corrected chi connectivity index (χ4v) is 2.91. The summed E-state index contributed by atoms with van der Waals surface area (Å²) in [5.41, 5.74) is 2.02. The minimum absolute atomic E-state index is 0.131. The van der Waals surface area contributed by atoms with Crippen LogP contribution in [0.2, 0.25) is 0 Å². The molecular formula is C18H15F3N2O2. The Morgan fingerprint density at radius 1 is 1.20 bits per heavy atom. The van der Waals surface area contributed by atoms with Crippen molar-refractivity contribution in [3.05, 3.63) is 65.0 Å². The lowest BCUT2D eigenvalue weighted by molar-refractivity contribution is -0.138. The van der Waals surface area contributed by atoms with Crippen LogP contribution in [-0.2, 0) is 23.9 Å². The van der Waals surface area contributed by atoms with Gasteiger partial charge in [0, 0.05) is 23.8 Å². The molecule has 7 heteroatoms. The van der Waals surface area contributed by atoms with Crippen molar-refractivity contribution in [3.63, 3.8) is 0 Å². The summed E-state index contributed by atoms with van der Waals surface area (Å²) in [4.78, 5) is 15.4. The van der Waals surface area contributed by atoms with Gasteiger partial charge < -0.3 is 9.67 Å². The van der Waals surface area contributed by atoms with Gasteiger partial charge in [-0.1, -0.05) is 12.1 Å². The molecule has 0 saturated heterocycles. The first-order chi connectivity index (χ1) is 11.8. The number of halogens is 3. The number of carboxylic acid groups (broad SMARTS) is 1. The molecule has 0 aliphatic rings. The monoisotopic (exact) mass is 348 g/mol. The number of nitrogens with zero attached hydrogens (tertiary/aromatic N) is 2. The lowest BCUT2D eigenvalue weighted by atomic mass is 10.1. The van der Waals surface area contributed by atoms with Gasteiger partial charge in [0.15, 0.2) is 0 Å². The van der Waals surface area contributed by atoms with E-state index in [-0.39, 0.29) is 6.42 Å². The number of rotatable bonds is 4. The first-order valence-electron chi connectivity index (χ1n) is 7.58. The standard InChI is InChI=1S/C18H15F3N2O2/c1-11-15(9-16(24)25)14-3-2-8-22-17(14)23(11)10-12-4-6-13(7-5-12)18(19,20)21/h2-8H,9-10H2,1H3,(H,24,25). The summed E-state index contributed by atoms with van der Waals surface area (Å²) in [5.74, 6) is -0.944. The molecule has 0 bridgehead atoms. The fourth-order valence-electron chi connectivity index (χ4n) is 2.91. The molecule has 0 amide bonds. The molecule has 2 heterocycles. The number of fused-ring (bicyclic) bond motifs is 1. The van der Waals surface area contributed by atoms with Crippen LogP contribution in [0.5, 0.6) is 0 Å². The molecule has 2 aromatic heterocycles. The van der Waals surface area contributed by atoms with Gasteiger partial charge in [0.25, 0.3) is 0 Å². The zero-order valence-corrected chi connectivity index (χ0v) is 13.3. The minimum atomic E-state index is -4.37. The molecule has 130 valence electrons. The molecule has 3 aromatic rings. The lowest BCUT2D eigenvalue weighted by Crippen LogP contribution is -2.07. The third-order valence-corrected chi connectivity index (χ3v) is 4.16. The molecule has 0 atom stereocenters. The zero-order chi connectivity index (χ0) is 18.2. The van der Waals surface area contributed by atoms with Crippen molar-refractivity contribution in [3.8, 4) is 0 Å². The second-order valence-corrected chi connectivity index (χ2v) is 5.79. The van der Waals surface area contributed by atoms with Gasteiger partial charge in [-0.3, -0.25) is 4.79 Å². The molecule has 0 fully saturated rings. The fraction of sp³-hybridized carbons (Fsp3) is 0.222. The van der Waals surface area contributed by atoms with Crippen LogP contribution in [0.1, 0.15) is 22.4 Å². The number of carbonyl (C=O) groups is 1. The van der Waals surface area contributed by atoms with Crippen LogP contribution in [0.3, 0.4) is 0 Å². The summed E-state index contributed by atoms with van der Waals surface area (Å²) in [7, 11) is 0. The van der Waals surface area contributed by atoms with E-state index >= 15 is 0 Å². The zero-order valence-electron chi connectivity index (χ0n) is 13.3. The predicted octanol–water partition coefficient (Wildman–Crippen LogP) is 4.04. The summed E-state index contributed by atoms with van der Waals surface area (Å²) in [5, 5.41) is 9.87. The van der Waals surface area contributed by atoms with Gasteiger partial charge >= 0.3 is 12.1 Å². The Balaban J connectivity index is 2.01. The quantitative estimate of drug-likeness (QED) is 0.774. The molecule has 4 nitrogen and oxygen atoms in total. The van der Waals surface area contributed by atoms with Crippen molar-refractivity contribution in [1.82, 2.24) is 9.55 Å². The van der Waals surface area contributed by atoms with Crippen molar-refractivity contribution in [2.45, 2.75) is 26.1 Å². The van der Waals surface area contributed by atoms with Gasteiger partial charge in [0.2, 0.25) is 0 Å². The molecule has 0 aliphatic carbocycles. The first-order valence-corrected chi connectivity index (χ1v) is 7.58. The highest BCUT2D eigenvalue weighted by Gasteiger charge is 2.30. The normalized spacial score (nSPS) is 11.8. The largest absolute Gasteiger partial charge is 0.481 e. The maximum atomic E-state index is 12.7. The summed E-state index contributed by atoms with van der Waals surface area (Å²) in [6.07, 6.45) is -2.89. The summed E-state index contributed by atoms with van der Waals surface area (Å²) >= 11 is 0. The highest BCUT2D eigenvalue weighted by Crippen LogP contribution is 2.30. The highest BCUT2D eigenvalue weighted by molar-refractivity contribution is 5.86. The predicted molar refractivity (Wildman–Crippen MR) is 86.4 cm³/mol. The number of hydrogen-bond donors (Lipinski definition) is 1. The number of aromatic nitrogens is 2. The number of carboxylic acids is 1. The van der Waals surface area contributed by atoms with Crippen molar-refractivity contribution in [1.29, 1.82) is 0 Å². The van der Waals surface area contributed by atoms with Crippen LogP contribution < -0.4 is 0 Å². The van der Waals surface area contributed by atoms with Crippen LogP contribution in [0.15, 0.2) is 42.6 Å². The Bertz CT molecular complexity index is 928. The van der Waals surface area contributed by atoms with Crippen LogP contribution >= 0.6 is 0 Å². The molecule has 0 saturated carbocycles. The van der Waals surface area contributed by atoms with Crippen molar-refractivity contribution < 1.29 is 23.1 Å². The van der Waals surface area contributed by atoms with Crippen molar-refractivity contribution in [2.24, 2.45) is 0 Å². The molecule has 0 radical (unpaired) electrons. The topological polar surface area (TPSA) is 55.1 Å². The van der Waals surface area contributed by atoms with E-state index in [1.807, 2.05) is 4.57 Å². The van der Waals surface area contributed by atoms with E-state index in [0.29, 0.717) is 23.3 Å². The van der Waals surface area contributed by atoms with Gasteiger partial charge in [-0.2, -0.15) is 13.2 Å². The maximum absolute atomic E-state index is 12.7. The van der Waals surface area contributed by atoms with Crippen LogP contribution in [-0.4, -0.2) is 20.6 Å². The third-order valence-electron chi connectivity index (χ3n) is 4.16. The number of aliphatic carboxylic acids is 1. The van der Waals surface area contributed by atoms with Gasteiger partial charge in [0.1, 0.15) is 5.65 Å². The average Bonchev–Trinajstić information content (AvgIpc) is 2.80. The summed E-state index contributed by atoms with van der Waals surface area (Å²) < 4.78 is 39.8. The van der Waals surface area contributed by atoms with E-state index < -0.39 is 17.7 Å². The van der Waals surface area contributed by atoms with Gasteiger partial charge in [0.05, 0.1) is 12.0 Å². The SMILES string of the molecule is Cc1c(CC(=O)O)c2cccnc2n1Cc1ccc(C(F)(F)F)cc1. The number of alkyl halides is 3. The van der Waals surface area contributed by atoms with E-state index in [9.17, 15) is 18.0 Å². The van der Waals surface area contributed by atoms with Gasteiger partial charge in [-0.25, -0.2) is 4.98 Å². The van der Waals surface area contributed by atoms with Gasteiger partial charge in [-0.05, 0) is 42.3 Å². The number of hydrogen-bond acceptors (Lipinski definition) is 2. The highest BCUT2D eigenvalue weighted by atomic mass is 19.4. The minimum Gasteiger partial charge on any atom is -0.481 e. The molecule has 1 N–H and O–H groups in total. The van der Waals surface area contributed by atoms with E-state index in [4.69, 9.17) is 5.11 Å². The third kappa shape index (κ3) is 3.35. The van der Waals surface area contributed by atoms with Crippen molar-refractivity contribution >= 4 is 17.0 Å². The second-order valence-electron chi connectivity index (χ2n) is 5.79. The summed E-state index contributed by atoms with van der Waals surface area (Å²) in [6, 6.07) is 8.47. The maximum Gasteiger partial charge on any atom is 0.416 e. The Morgan fingerprint density at radius 2 is 1.88 bits per heavy atom. The molecular weight excluding hydrogens is 333 g/mol. The van der Waals surface area contributed by atoms with E-state index in [0.717, 1.165) is 23.2 Å². The second kappa shape index (κ2) is 6.23. The number of pyridine rings is 1. The Hall–Kier alpha value is -2.83. The summed E-state index contributed by atoms with van der Waals surface area (Å²) in [6.45, 7) is 2.11. The van der Waals surface area contributed by atoms with Crippen LogP contribution in [0.4, 0.5) is 13.2 Å².